The van der Waals surface area contributed by atoms with Crippen LogP contribution in [-0.4, -0.2) is 37.0 Å². The van der Waals surface area contributed by atoms with Crippen molar-refractivity contribution in [2.75, 3.05) is 14.2 Å². The lowest BCUT2D eigenvalue weighted by Gasteiger charge is -2.23. The zero-order valence-electron chi connectivity index (χ0n) is 14.4. The number of amides is 2. The first kappa shape index (κ1) is 17.4. The third kappa shape index (κ3) is 3.80. The van der Waals surface area contributed by atoms with E-state index < -0.39 is 11.9 Å². The van der Waals surface area contributed by atoms with Gasteiger partial charge in [0.25, 0.3) is 5.91 Å². The Morgan fingerprint density at radius 3 is 2.81 bits per heavy atom. The number of nitrogens with zero attached hydrogens (tertiary/aromatic N) is 2. The lowest BCUT2D eigenvalue weighted by atomic mass is 10.0. The number of methoxy groups -OCH3 is 2. The third-order valence-electron chi connectivity index (χ3n) is 3.87. The van der Waals surface area contributed by atoms with Crippen molar-refractivity contribution in [3.8, 4) is 11.5 Å². The van der Waals surface area contributed by atoms with Crippen LogP contribution in [0.15, 0.2) is 47.7 Å². The lowest BCUT2D eigenvalue weighted by molar-refractivity contribution is -0.120. The van der Waals surface area contributed by atoms with Crippen molar-refractivity contribution in [2.24, 2.45) is 4.99 Å². The Morgan fingerprint density at radius 1 is 1.27 bits per heavy atom. The number of carbonyl (C=O) groups excluding carboxylic acids is 2. The largest absolute Gasteiger partial charge is 0.497 e. The normalized spacial score (nSPS) is 16.3. The molecule has 1 aliphatic heterocycles. The number of benzene rings is 1. The number of rotatable bonds is 4. The molecule has 2 aromatic rings. The highest BCUT2D eigenvalue weighted by Gasteiger charge is 2.26. The van der Waals surface area contributed by atoms with E-state index in [0.717, 1.165) is 0 Å². The van der Waals surface area contributed by atoms with Gasteiger partial charge in [-0.2, -0.15) is 0 Å². The highest BCUT2D eigenvalue weighted by Crippen LogP contribution is 2.34. The van der Waals surface area contributed by atoms with Gasteiger partial charge in [0.05, 0.1) is 32.2 Å². The summed E-state index contributed by atoms with van der Waals surface area (Å²) in [5, 5.41) is 5.17. The number of ether oxygens (including phenoxy) is 2. The summed E-state index contributed by atoms with van der Waals surface area (Å²) in [7, 11) is 3.10. The first-order chi connectivity index (χ1) is 12.6. The molecule has 1 aliphatic rings. The molecule has 2 amide bonds. The van der Waals surface area contributed by atoms with Crippen LogP contribution in [0.25, 0.3) is 0 Å². The van der Waals surface area contributed by atoms with Crippen molar-refractivity contribution < 1.29 is 19.1 Å². The van der Waals surface area contributed by atoms with Crippen LogP contribution >= 0.6 is 0 Å². The molecule has 8 heteroatoms. The molecule has 0 fully saturated rings. The molecule has 2 N–H and O–H groups in total. The molecule has 0 bridgehead atoms. The fourth-order valence-corrected chi connectivity index (χ4v) is 2.61. The standard InChI is InChI=1S/C18H18N4O4/c1-25-12-5-6-15(26-2)13(8-12)14-9-16(23)21-18(20-14)22-17(24)11-4-3-7-19-10-11/h3-8,10,14H,9H2,1-2H3,(H2,20,21,22,23,24)/t14-/m1/s1. The van der Waals surface area contributed by atoms with E-state index in [9.17, 15) is 9.59 Å². The van der Waals surface area contributed by atoms with Crippen molar-refractivity contribution in [3.05, 3.63) is 53.9 Å². The maximum absolute atomic E-state index is 12.3. The average molecular weight is 354 g/mol. The van der Waals surface area contributed by atoms with E-state index in [1.54, 1.807) is 50.7 Å². The minimum atomic E-state index is -0.502. The van der Waals surface area contributed by atoms with Crippen molar-refractivity contribution >= 4 is 17.8 Å². The van der Waals surface area contributed by atoms with E-state index in [0.29, 0.717) is 22.6 Å². The van der Waals surface area contributed by atoms with E-state index in [4.69, 9.17) is 9.47 Å². The Balaban J connectivity index is 1.88. The van der Waals surface area contributed by atoms with Gasteiger partial charge in [-0.15, -0.1) is 0 Å². The average Bonchev–Trinajstić information content (AvgIpc) is 2.67. The van der Waals surface area contributed by atoms with Crippen molar-refractivity contribution in [3.63, 3.8) is 0 Å². The maximum Gasteiger partial charge on any atom is 0.259 e. The fourth-order valence-electron chi connectivity index (χ4n) is 2.61. The Bertz CT molecular complexity index is 852. The fraction of sp³-hybridized carbons (Fsp3) is 0.222. The Morgan fingerprint density at radius 2 is 2.12 bits per heavy atom. The number of hydrogen-bond acceptors (Lipinski definition) is 6. The van der Waals surface area contributed by atoms with Crippen LogP contribution in [0.4, 0.5) is 0 Å². The molecule has 0 radical (unpaired) electrons. The topological polar surface area (TPSA) is 102 Å². The molecule has 26 heavy (non-hydrogen) atoms. The zero-order chi connectivity index (χ0) is 18.5. The number of carbonyl (C=O) groups is 2. The first-order valence-corrected chi connectivity index (χ1v) is 7.91. The highest BCUT2D eigenvalue weighted by molar-refractivity contribution is 6.10. The minimum Gasteiger partial charge on any atom is -0.497 e. The monoisotopic (exact) mass is 354 g/mol. The van der Waals surface area contributed by atoms with E-state index in [2.05, 4.69) is 20.6 Å². The van der Waals surface area contributed by atoms with Gasteiger partial charge in [-0.05, 0) is 30.3 Å². The predicted molar refractivity (Wildman–Crippen MR) is 94.2 cm³/mol. The van der Waals surface area contributed by atoms with Crippen LogP contribution in [0.3, 0.4) is 0 Å². The van der Waals surface area contributed by atoms with Crippen LogP contribution in [-0.2, 0) is 4.79 Å². The van der Waals surface area contributed by atoms with E-state index in [1.165, 1.54) is 6.20 Å². The van der Waals surface area contributed by atoms with Crippen molar-refractivity contribution in [1.82, 2.24) is 15.6 Å². The number of hydrogen-bond donors (Lipinski definition) is 2. The molecule has 8 nitrogen and oxygen atoms in total. The molecule has 0 saturated heterocycles. The summed E-state index contributed by atoms with van der Waals surface area (Å²) in [5.41, 5.74) is 1.07. The van der Waals surface area contributed by atoms with Gasteiger partial charge in [0.1, 0.15) is 11.5 Å². The summed E-state index contributed by atoms with van der Waals surface area (Å²) in [6, 6.07) is 8.06. The number of guanidine groups is 1. The summed E-state index contributed by atoms with van der Waals surface area (Å²) >= 11 is 0. The SMILES string of the molecule is COc1ccc(OC)c([C@H]2CC(=O)NC(NC(=O)c3cccnc3)=N2)c1. The van der Waals surface area contributed by atoms with Crippen LogP contribution < -0.4 is 20.1 Å². The maximum atomic E-state index is 12.3. The molecule has 1 atom stereocenters. The molecule has 0 spiro atoms. The molecular weight excluding hydrogens is 336 g/mol. The van der Waals surface area contributed by atoms with Gasteiger partial charge in [0, 0.05) is 18.0 Å². The second-order valence-corrected chi connectivity index (χ2v) is 5.55. The first-order valence-electron chi connectivity index (χ1n) is 7.91. The molecular formula is C18H18N4O4. The predicted octanol–water partition coefficient (Wildman–Crippen LogP) is 1.45. The summed E-state index contributed by atoms with van der Waals surface area (Å²) in [4.78, 5) is 32.7. The minimum absolute atomic E-state index is 0.0879. The van der Waals surface area contributed by atoms with Gasteiger partial charge in [-0.1, -0.05) is 0 Å². The van der Waals surface area contributed by atoms with Crippen LogP contribution in [0.2, 0.25) is 0 Å². The summed E-state index contributed by atoms with van der Waals surface area (Å²) in [6.45, 7) is 0. The number of nitrogens with one attached hydrogen (secondary N) is 2. The van der Waals surface area contributed by atoms with E-state index in [-0.39, 0.29) is 18.3 Å². The van der Waals surface area contributed by atoms with Crippen LogP contribution in [0.1, 0.15) is 28.4 Å². The van der Waals surface area contributed by atoms with Gasteiger partial charge < -0.3 is 9.47 Å². The Kier molecular flexibility index (Phi) is 5.12. The van der Waals surface area contributed by atoms with Gasteiger partial charge in [0.15, 0.2) is 0 Å². The summed E-state index contributed by atoms with van der Waals surface area (Å²) in [6.07, 6.45) is 3.14. The quantitative estimate of drug-likeness (QED) is 0.865. The molecule has 134 valence electrons. The molecule has 3 rings (SSSR count). The smallest absolute Gasteiger partial charge is 0.259 e. The van der Waals surface area contributed by atoms with Gasteiger partial charge in [-0.25, -0.2) is 4.99 Å². The zero-order valence-corrected chi connectivity index (χ0v) is 14.4. The summed E-state index contributed by atoms with van der Waals surface area (Å²) < 4.78 is 10.6. The molecule has 2 heterocycles. The Labute approximate surface area is 150 Å². The van der Waals surface area contributed by atoms with Gasteiger partial charge in [0.2, 0.25) is 11.9 Å². The second kappa shape index (κ2) is 7.64. The van der Waals surface area contributed by atoms with Crippen molar-refractivity contribution in [2.45, 2.75) is 12.5 Å². The van der Waals surface area contributed by atoms with E-state index >= 15 is 0 Å². The highest BCUT2D eigenvalue weighted by atomic mass is 16.5. The summed E-state index contributed by atoms with van der Waals surface area (Å²) in [5.74, 6) is 0.645. The third-order valence-corrected chi connectivity index (χ3v) is 3.87. The molecule has 1 aromatic carbocycles. The van der Waals surface area contributed by atoms with Crippen LogP contribution in [0.5, 0.6) is 11.5 Å². The van der Waals surface area contributed by atoms with E-state index in [1.807, 2.05) is 0 Å². The number of aromatic nitrogens is 1. The lowest BCUT2D eigenvalue weighted by Crippen LogP contribution is -2.47. The number of pyridine rings is 1. The molecule has 0 unspecified atom stereocenters. The Hall–Kier alpha value is -3.42. The molecule has 0 saturated carbocycles. The second-order valence-electron chi connectivity index (χ2n) is 5.55. The van der Waals surface area contributed by atoms with Crippen LogP contribution in [0, 0.1) is 0 Å². The molecule has 1 aromatic heterocycles. The van der Waals surface area contributed by atoms with Gasteiger partial charge in [-0.3, -0.25) is 25.2 Å². The number of aliphatic imine (C=N–C) groups is 1. The van der Waals surface area contributed by atoms with Gasteiger partial charge >= 0.3 is 0 Å². The molecule has 0 aliphatic carbocycles. The van der Waals surface area contributed by atoms with Crippen molar-refractivity contribution in [1.29, 1.82) is 0 Å².